The lowest BCUT2D eigenvalue weighted by Crippen LogP contribution is -2.08. The van der Waals surface area contributed by atoms with E-state index in [1.807, 2.05) is 43.3 Å². The predicted octanol–water partition coefficient (Wildman–Crippen LogP) is 5.66. The standard InChI is InChI=1S/C24H24BrNO5/c1-15-4-6-16(7-5-15)14-31-23-18(19(25)9-11-22(23)30-3)13-26-20-12-17(24(27)28)8-10-21(20)29-2/h4-12,26H,13-14H2,1-3H3,(H,27,28). The number of ether oxygens (including phenoxy) is 3. The lowest BCUT2D eigenvalue weighted by molar-refractivity contribution is 0.0697. The quantitative estimate of drug-likeness (QED) is 0.406. The fourth-order valence-electron chi connectivity index (χ4n) is 3.07. The summed E-state index contributed by atoms with van der Waals surface area (Å²) in [5.74, 6) is 0.762. The van der Waals surface area contributed by atoms with Crippen molar-refractivity contribution < 1.29 is 24.1 Å². The van der Waals surface area contributed by atoms with Gasteiger partial charge in [-0.25, -0.2) is 4.79 Å². The number of carbonyl (C=O) groups is 1. The second-order valence-corrected chi connectivity index (χ2v) is 7.76. The normalized spacial score (nSPS) is 10.5. The molecule has 0 unspecified atom stereocenters. The van der Waals surface area contributed by atoms with Crippen LogP contribution >= 0.6 is 15.9 Å². The van der Waals surface area contributed by atoms with Crippen LogP contribution < -0.4 is 19.5 Å². The monoisotopic (exact) mass is 485 g/mol. The molecule has 0 saturated heterocycles. The first-order valence-corrected chi connectivity index (χ1v) is 10.4. The number of halogens is 1. The molecular formula is C24H24BrNO5. The maximum atomic E-state index is 11.3. The van der Waals surface area contributed by atoms with E-state index in [1.54, 1.807) is 26.4 Å². The number of nitrogens with one attached hydrogen (secondary N) is 1. The second kappa shape index (κ2) is 10.2. The number of hydrogen-bond donors (Lipinski definition) is 2. The number of aryl methyl sites for hydroxylation is 1. The van der Waals surface area contributed by atoms with Gasteiger partial charge < -0.3 is 24.6 Å². The molecule has 0 atom stereocenters. The Morgan fingerprint density at radius 1 is 1.00 bits per heavy atom. The summed E-state index contributed by atoms with van der Waals surface area (Å²) < 4.78 is 17.9. The van der Waals surface area contributed by atoms with E-state index in [0.717, 1.165) is 15.6 Å². The lowest BCUT2D eigenvalue weighted by Gasteiger charge is -2.18. The summed E-state index contributed by atoms with van der Waals surface area (Å²) in [5.41, 5.74) is 3.81. The van der Waals surface area contributed by atoms with Crippen LogP contribution in [0.25, 0.3) is 0 Å². The maximum absolute atomic E-state index is 11.3. The Morgan fingerprint density at radius 2 is 1.68 bits per heavy atom. The van der Waals surface area contributed by atoms with Gasteiger partial charge in [0.2, 0.25) is 0 Å². The van der Waals surface area contributed by atoms with Crippen molar-refractivity contribution in [2.45, 2.75) is 20.1 Å². The molecular weight excluding hydrogens is 462 g/mol. The van der Waals surface area contributed by atoms with E-state index in [1.165, 1.54) is 11.6 Å². The molecule has 0 aromatic heterocycles. The third-order valence-corrected chi connectivity index (χ3v) is 5.54. The average molecular weight is 486 g/mol. The average Bonchev–Trinajstić information content (AvgIpc) is 2.77. The van der Waals surface area contributed by atoms with Gasteiger partial charge in [0.25, 0.3) is 0 Å². The van der Waals surface area contributed by atoms with Crippen LogP contribution in [-0.2, 0) is 13.2 Å². The Bertz CT molecular complexity index is 1070. The van der Waals surface area contributed by atoms with Crippen LogP contribution in [0.2, 0.25) is 0 Å². The van der Waals surface area contributed by atoms with E-state index >= 15 is 0 Å². The van der Waals surface area contributed by atoms with Gasteiger partial charge in [0.1, 0.15) is 12.4 Å². The minimum absolute atomic E-state index is 0.170. The zero-order valence-corrected chi connectivity index (χ0v) is 19.2. The van der Waals surface area contributed by atoms with Crippen LogP contribution in [0.15, 0.2) is 59.1 Å². The molecule has 0 aliphatic rings. The minimum Gasteiger partial charge on any atom is -0.495 e. The van der Waals surface area contributed by atoms with Gasteiger partial charge in [0, 0.05) is 16.6 Å². The van der Waals surface area contributed by atoms with Gasteiger partial charge in [-0.1, -0.05) is 45.8 Å². The third-order valence-electron chi connectivity index (χ3n) is 4.79. The Labute approximate surface area is 189 Å². The van der Waals surface area contributed by atoms with E-state index in [2.05, 4.69) is 21.2 Å². The Morgan fingerprint density at radius 3 is 2.32 bits per heavy atom. The highest BCUT2D eigenvalue weighted by Crippen LogP contribution is 2.38. The first-order chi connectivity index (χ1) is 14.9. The minimum atomic E-state index is -1.00. The molecule has 7 heteroatoms. The highest BCUT2D eigenvalue weighted by Gasteiger charge is 2.16. The number of anilines is 1. The summed E-state index contributed by atoms with van der Waals surface area (Å²) >= 11 is 3.59. The number of benzene rings is 3. The molecule has 0 aliphatic heterocycles. The van der Waals surface area contributed by atoms with Crippen molar-refractivity contribution in [1.82, 2.24) is 0 Å². The van der Waals surface area contributed by atoms with Gasteiger partial charge in [-0.05, 0) is 42.8 Å². The molecule has 2 N–H and O–H groups in total. The zero-order chi connectivity index (χ0) is 22.4. The molecule has 0 spiro atoms. The molecule has 3 aromatic rings. The first kappa shape index (κ1) is 22.5. The molecule has 0 radical (unpaired) electrons. The molecule has 162 valence electrons. The number of methoxy groups -OCH3 is 2. The van der Waals surface area contributed by atoms with Gasteiger partial charge in [-0.3, -0.25) is 0 Å². The Balaban J connectivity index is 1.88. The first-order valence-electron chi connectivity index (χ1n) is 9.62. The predicted molar refractivity (Wildman–Crippen MR) is 123 cm³/mol. The van der Waals surface area contributed by atoms with Crippen LogP contribution in [0.5, 0.6) is 17.2 Å². The topological polar surface area (TPSA) is 77.0 Å². The van der Waals surface area contributed by atoms with Crippen LogP contribution in [0.3, 0.4) is 0 Å². The molecule has 0 amide bonds. The fraction of sp³-hybridized carbons (Fsp3) is 0.208. The molecule has 0 saturated carbocycles. The van der Waals surface area contributed by atoms with Crippen molar-refractivity contribution >= 4 is 27.6 Å². The van der Waals surface area contributed by atoms with Crippen LogP contribution in [0, 0.1) is 6.92 Å². The molecule has 0 heterocycles. The summed E-state index contributed by atoms with van der Waals surface area (Å²) in [6, 6.07) is 16.5. The van der Waals surface area contributed by atoms with Gasteiger partial charge in [0.05, 0.1) is 25.5 Å². The van der Waals surface area contributed by atoms with E-state index in [0.29, 0.717) is 36.1 Å². The van der Waals surface area contributed by atoms with E-state index in [4.69, 9.17) is 14.2 Å². The summed E-state index contributed by atoms with van der Waals surface area (Å²) in [6.45, 7) is 2.79. The summed E-state index contributed by atoms with van der Waals surface area (Å²) in [6.07, 6.45) is 0. The molecule has 3 aromatic carbocycles. The number of carboxylic acid groups (broad SMARTS) is 1. The SMILES string of the molecule is COc1ccc(C(=O)O)cc1NCc1c(Br)ccc(OC)c1OCc1ccc(C)cc1. The third kappa shape index (κ3) is 5.49. The Hall–Kier alpha value is -3.19. The van der Waals surface area contributed by atoms with E-state index in [9.17, 15) is 9.90 Å². The van der Waals surface area contributed by atoms with Crippen molar-refractivity contribution in [3.63, 3.8) is 0 Å². The number of aromatic carboxylic acids is 1. The molecule has 3 rings (SSSR count). The molecule has 0 aliphatic carbocycles. The lowest BCUT2D eigenvalue weighted by atomic mass is 10.1. The van der Waals surface area contributed by atoms with Gasteiger partial charge in [0.15, 0.2) is 11.5 Å². The highest BCUT2D eigenvalue weighted by molar-refractivity contribution is 9.10. The molecule has 0 fully saturated rings. The second-order valence-electron chi connectivity index (χ2n) is 6.91. The van der Waals surface area contributed by atoms with Crippen molar-refractivity contribution in [2.75, 3.05) is 19.5 Å². The van der Waals surface area contributed by atoms with Crippen molar-refractivity contribution in [2.24, 2.45) is 0 Å². The van der Waals surface area contributed by atoms with Gasteiger partial charge in [-0.15, -0.1) is 0 Å². The number of carboxylic acids is 1. The van der Waals surface area contributed by atoms with Crippen molar-refractivity contribution in [3.05, 3.63) is 81.3 Å². The van der Waals surface area contributed by atoms with E-state index in [-0.39, 0.29) is 5.56 Å². The number of rotatable bonds is 9. The highest BCUT2D eigenvalue weighted by atomic mass is 79.9. The summed E-state index contributed by atoms with van der Waals surface area (Å²) in [5, 5.41) is 12.6. The summed E-state index contributed by atoms with van der Waals surface area (Å²) in [7, 11) is 3.14. The molecule has 6 nitrogen and oxygen atoms in total. The smallest absolute Gasteiger partial charge is 0.335 e. The van der Waals surface area contributed by atoms with Crippen LogP contribution in [0.1, 0.15) is 27.0 Å². The van der Waals surface area contributed by atoms with Crippen molar-refractivity contribution in [3.8, 4) is 17.2 Å². The van der Waals surface area contributed by atoms with Crippen LogP contribution in [0.4, 0.5) is 5.69 Å². The fourth-order valence-corrected chi connectivity index (χ4v) is 3.52. The van der Waals surface area contributed by atoms with Gasteiger partial charge in [-0.2, -0.15) is 0 Å². The maximum Gasteiger partial charge on any atom is 0.335 e. The van der Waals surface area contributed by atoms with Gasteiger partial charge >= 0.3 is 5.97 Å². The molecule has 0 bridgehead atoms. The zero-order valence-electron chi connectivity index (χ0n) is 17.6. The summed E-state index contributed by atoms with van der Waals surface area (Å²) in [4.78, 5) is 11.3. The molecule has 31 heavy (non-hydrogen) atoms. The van der Waals surface area contributed by atoms with Crippen LogP contribution in [-0.4, -0.2) is 25.3 Å². The largest absolute Gasteiger partial charge is 0.495 e. The number of hydrogen-bond acceptors (Lipinski definition) is 5. The van der Waals surface area contributed by atoms with E-state index < -0.39 is 5.97 Å². The van der Waals surface area contributed by atoms with Crippen molar-refractivity contribution in [1.29, 1.82) is 0 Å². The Kier molecular flexibility index (Phi) is 7.41.